The van der Waals surface area contributed by atoms with Crippen molar-refractivity contribution in [3.63, 3.8) is 0 Å². The number of phenolic OH excluding ortho intramolecular Hbond substituents is 1. The minimum Gasteiger partial charge on any atom is -0.504 e. The largest absolute Gasteiger partial charge is 0.504 e. The fourth-order valence-electron chi connectivity index (χ4n) is 1.37. The molecule has 4 N–H and O–H groups in total. The molecule has 4 heteroatoms. The predicted molar refractivity (Wildman–Crippen MR) is 52.3 cm³/mol. The second-order valence-corrected chi connectivity index (χ2v) is 3.08. The van der Waals surface area contributed by atoms with Crippen molar-refractivity contribution in [2.75, 3.05) is 0 Å². The maximum atomic E-state index is 11.0. The number of phenols is 2. The van der Waals surface area contributed by atoms with Gasteiger partial charge in [0, 0.05) is 0 Å². The lowest BCUT2D eigenvalue weighted by atomic mass is 10.0. The molecule has 0 bridgehead atoms. The van der Waals surface area contributed by atoms with E-state index < -0.39 is 11.7 Å². The molecule has 1 aromatic rings. The smallest absolute Gasteiger partial charge is 0.252 e. The van der Waals surface area contributed by atoms with Crippen LogP contribution in [0.15, 0.2) is 12.1 Å². The average Bonchev–Trinajstić information content (AvgIpc) is 2.11. The number of nitrogens with two attached hydrogens (primary N) is 1. The molecule has 0 radical (unpaired) electrons. The zero-order valence-corrected chi connectivity index (χ0v) is 7.95. The molecular formula is C10H13NO3. The molecule has 0 aliphatic heterocycles. The van der Waals surface area contributed by atoms with Crippen molar-refractivity contribution in [2.45, 2.75) is 19.8 Å². The number of carbonyl (C=O) groups excluding carboxylic acids is 1. The summed E-state index contributed by atoms with van der Waals surface area (Å²) in [4.78, 5) is 11.0. The van der Waals surface area contributed by atoms with E-state index in [2.05, 4.69) is 0 Å². The van der Waals surface area contributed by atoms with Gasteiger partial charge in [-0.3, -0.25) is 4.79 Å². The first-order chi connectivity index (χ1) is 6.57. The van der Waals surface area contributed by atoms with E-state index in [1.807, 2.05) is 6.92 Å². The van der Waals surface area contributed by atoms with Crippen LogP contribution in [0.5, 0.6) is 11.5 Å². The lowest BCUT2D eigenvalue weighted by molar-refractivity contribution is 0.0996. The van der Waals surface area contributed by atoms with Gasteiger partial charge in [0.25, 0.3) is 5.91 Å². The average molecular weight is 195 g/mol. The Bertz CT molecular complexity index is 361. The lowest BCUT2D eigenvalue weighted by Crippen LogP contribution is -2.14. The number of aryl methyl sites for hydroxylation is 1. The van der Waals surface area contributed by atoms with Gasteiger partial charge in [-0.1, -0.05) is 19.4 Å². The van der Waals surface area contributed by atoms with E-state index in [0.717, 1.165) is 6.42 Å². The highest BCUT2D eigenvalue weighted by Crippen LogP contribution is 2.31. The van der Waals surface area contributed by atoms with Gasteiger partial charge in [-0.05, 0) is 18.1 Å². The highest BCUT2D eigenvalue weighted by Gasteiger charge is 2.15. The van der Waals surface area contributed by atoms with Crippen LogP contribution in [0.25, 0.3) is 0 Å². The van der Waals surface area contributed by atoms with Crippen molar-refractivity contribution < 1.29 is 15.0 Å². The molecule has 4 nitrogen and oxygen atoms in total. The lowest BCUT2D eigenvalue weighted by Gasteiger charge is -2.08. The van der Waals surface area contributed by atoms with Gasteiger partial charge in [-0.15, -0.1) is 0 Å². The van der Waals surface area contributed by atoms with Crippen molar-refractivity contribution >= 4 is 5.91 Å². The molecule has 14 heavy (non-hydrogen) atoms. The summed E-state index contributed by atoms with van der Waals surface area (Å²) in [6.07, 6.45) is 1.48. The van der Waals surface area contributed by atoms with Crippen molar-refractivity contribution in [1.82, 2.24) is 0 Å². The molecular weight excluding hydrogens is 182 g/mol. The highest BCUT2D eigenvalue weighted by molar-refractivity contribution is 5.97. The highest BCUT2D eigenvalue weighted by atomic mass is 16.3. The van der Waals surface area contributed by atoms with E-state index in [4.69, 9.17) is 5.73 Å². The summed E-state index contributed by atoms with van der Waals surface area (Å²) in [5.41, 5.74) is 5.79. The van der Waals surface area contributed by atoms with Crippen LogP contribution in [-0.2, 0) is 6.42 Å². The van der Waals surface area contributed by atoms with Crippen LogP contribution in [0, 0.1) is 0 Å². The molecule has 76 valence electrons. The molecule has 0 heterocycles. The zero-order chi connectivity index (χ0) is 10.7. The number of amides is 1. The van der Waals surface area contributed by atoms with E-state index >= 15 is 0 Å². The molecule has 1 rings (SSSR count). The van der Waals surface area contributed by atoms with Gasteiger partial charge >= 0.3 is 0 Å². The Hall–Kier alpha value is -1.71. The van der Waals surface area contributed by atoms with Gasteiger partial charge in [0.2, 0.25) is 0 Å². The summed E-state index contributed by atoms with van der Waals surface area (Å²) >= 11 is 0. The fourth-order valence-corrected chi connectivity index (χ4v) is 1.37. The molecule has 0 fully saturated rings. The van der Waals surface area contributed by atoms with Crippen molar-refractivity contribution in [1.29, 1.82) is 0 Å². The van der Waals surface area contributed by atoms with E-state index in [-0.39, 0.29) is 11.3 Å². The van der Waals surface area contributed by atoms with Crippen LogP contribution in [0.4, 0.5) is 0 Å². The van der Waals surface area contributed by atoms with Crippen LogP contribution in [0.2, 0.25) is 0 Å². The first-order valence-corrected chi connectivity index (χ1v) is 4.41. The minimum atomic E-state index is -0.721. The molecule has 0 aromatic heterocycles. The quantitative estimate of drug-likeness (QED) is 0.632. The number of carbonyl (C=O) groups is 1. The molecule has 1 amide bonds. The number of rotatable bonds is 3. The van der Waals surface area contributed by atoms with E-state index in [1.54, 1.807) is 6.07 Å². The van der Waals surface area contributed by atoms with Crippen LogP contribution in [-0.4, -0.2) is 16.1 Å². The van der Waals surface area contributed by atoms with Gasteiger partial charge in [0.15, 0.2) is 11.5 Å². The Balaban J connectivity index is 3.30. The molecule has 0 unspecified atom stereocenters. The zero-order valence-electron chi connectivity index (χ0n) is 7.95. The van der Waals surface area contributed by atoms with Crippen LogP contribution >= 0.6 is 0 Å². The number of benzene rings is 1. The second kappa shape index (κ2) is 4.00. The third-order valence-corrected chi connectivity index (χ3v) is 2.01. The van der Waals surface area contributed by atoms with E-state index in [9.17, 15) is 15.0 Å². The molecule has 0 atom stereocenters. The first kappa shape index (κ1) is 10.4. The Morgan fingerprint density at radius 1 is 1.43 bits per heavy atom. The topological polar surface area (TPSA) is 83.6 Å². The van der Waals surface area contributed by atoms with Gasteiger partial charge in [-0.2, -0.15) is 0 Å². The Labute approximate surface area is 82.0 Å². The summed E-state index contributed by atoms with van der Waals surface area (Å²) in [5.74, 6) is -1.47. The molecule has 0 spiro atoms. The predicted octanol–water partition coefficient (Wildman–Crippen LogP) is 1.15. The standard InChI is InChI=1S/C10H13NO3/c1-2-3-6-4-5-7(12)9(13)8(6)10(11)14/h4-5,12-13H,2-3H2,1H3,(H2,11,14). The van der Waals surface area contributed by atoms with Crippen LogP contribution in [0.3, 0.4) is 0 Å². The SMILES string of the molecule is CCCc1ccc(O)c(O)c1C(N)=O. The number of primary amides is 1. The van der Waals surface area contributed by atoms with Crippen molar-refractivity contribution in [2.24, 2.45) is 5.73 Å². The van der Waals surface area contributed by atoms with Crippen LogP contribution in [0.1, 0.15) is 29.3 Å². The second-order valence-electron chi connectivity index (χ2n) is 3.08. The molecule has 0 saturated carbocycles. The van der Waals surface area contributed by atoms with Gasteiger partial charge in [0.1, 0.15) is 0 Å². The van der Waals surface area contributed by atoms with Gasteiger partial charge in [-0.25, -0.2) is 0 Å². The molecule has 0 aliphatic rings. The summed E-state index contributed by atoms with van der Waals surface area (Å²) in [7, 11) is 0. The van der Waals surface area contributed by atoms with Crippen molar-refractivity contribution in [3.05, 3.63) is 23.3 Å². The summed E-state index contributed by atoms with van der Waals surface area (Å²) in [6.45, 7) is 1.95. The number of hydrogen-bond acceptors (Lipinski definition) is 3. The Kier molecular flexibility index (Phi) is 2.96. The Morgan fingerprint density at radius 2 is 2.07 bits per heavy atom. The summed E-state index contributed by atoms with van der Waals surface area (Å²) < 4.78 is 0. The van der Waals surface area contributed by atoms with E-state index in [0.29, 0.717) is 12.0 Å². The summed E-state index contributed by atoms with van der Waals surface area (Å²) in [5, 5.41) is 18.6. The normalized spacial score (nSPS) is 10.1. The molecule has 0 saturated heterocycles. The first-order valence-electron chi connectivity index (χ1n) is 4.41. The maximum Gasteiger partial charge on any atom is 0.252 e. The van der Waals surface area contributed by atoms with E-state index in [1.165, 1.54) is 6.07 Å². The number of aromatic hydroxyl groups is 2. The monoisotopic (exact) mass is 195 g/mol. The van der Waals surface area contributed by atoms with Gasteiger partial charge in [0.05, 0.1) is 5.56 Å². The molecule has 1 aromatic carbocycles. The summed E-state index contributed by atoms with van der Waals surface area (Å²) in [6, 6.07) is 2.95. The number of hydrogen-bond donors (Lipinski definition) is 3. The third kappa shape index (κ3) is 1.79. The Morgan fingerprint density at radius 3 is 2.57 bits per heavy atom. The van der Waals surface area contributed by atoms with Crippen LogP contribution < -0.4 is 5.73 Å². The minimum absolute atomic E-state index is 0.0202. The fraction of sp³-hybridized carbons (Fsp3) is 0.300. The molecule has 0 aliphatic carbocycles. The maximum absolute atomic E-state index is 11.0. The third-order valence-electron chi connectivity index (χ3n) is 2.01. The van der Waals surface area contributed by atoms with Crippen molar-refractivity contribution in [3.8, 4) is 11.5 Å². The van der Waals surface area contributed by atoms with Gasteiger partial charge < -0.3 is 15.9 Å².